The highest BCUT2D eigenvalue weighted by molar-refractivity contribution is 7.21. The van der Waals surface area contributed by atoms with E-state index in [9.17, 15) is 14.7 Å². The van der Waals surface area contributed by atoms with Crippen LogP contribution in [-0.4, -0.2) is 37.1 Å². The Morgan fingerprint density at radius 1 is 0.815 bits per heavy atom. The van der Waals surface area contributed by atoms with Gasteiger partial charge in [0.25, 0.3) is 0 Å². The molecular weight excluding hydrogens is 366 g/mol. The van der Waals surface area contributed by atoms with Crippen molar-refractivity contribution in [2.24, 2.45) is 0 Å². The summed E-state index contributed by atoms with van der Waals surface area (Å²) in [6.07, 6.45) is 1.35. The van der Waals surface area contributed by atoms with Crippen LogP contribution < -0.4 is 0 Å². The van der Waals surface area contributed by atoms with Crippen molar-refractivity contribution in [3.8, 4) is 22.1 Å². The summed E-state index contributed by atoms with van der Waals surface area (Å²) in [5.74, 6) is -2.21. The van der Waals surface area contributed by atoms with Crippen molar-refractivity contribution in [1.82, 2.24) is 15.0 Å². The van der Waals surface area contributed by atoms with Gasteiger partial charge in [-0.15, -0.1) is 11.3 Å². The van der Waals surface area contributed by atoms with Crippen LogP contribution in [0.2, 0.25) is 0 Å². The fourth-order valence-corrected chi connectivity index (χ4v) is 3.51. The molecule has 3 heterocycles. The smallest absolute Gasteiger partial charge is 0.335 e. The second kappa shape index (κ2) is 6.58. The Hall–Kier alpha value is -3.65. The summed E-state index contributed by atoms with van der Waals surface area (Å²) in [6.45, 7) is 0. The van der Waals surface area contributed by atoms with Crippen LogP contribution in [0.5, 0.6) is 0 Å². The number of pyridine rings is 2. The van der Waals surface area contributed by atoms with E-state index < -0.39 is 11.9 Å². The molecule has 0 bridgehead atoms. The van der Waals surface area contributed by atoms with E-state index in [4.69, 9.17) is 5.11 Å². The van der Waals surface area contributed by atoms with Crippen molar-refractivity contribution >= 4 is 33.5 Å². The van der Waals surface area contributed by atoms with Crippen LogP contribution in [0.25, 0.3) is 32.3 Å². The number of benzene rings is 1. The number of carboxylic acids is 2. The minimum atomic E-state index is -1.12. The molecule has 132 valence electrons. The van der Waals surface area contributed by atoms with Crippen LogP contribution in [0.3, 0.4) is 0 Å². The third-order valence-corrected chi connectivity index (χ3v) is 4.91. The zero-order valence-electron chi connectivity index (χ0n) is 13.7. The van der Waals surface area contributed by atoms with E-state index in [1.165, 1.54) is 41.8 Å². The summed E-state index contributed by atoms with van der Waals surface area (Å²) in [7, 11) is 0. The molecule has 1 aromatic carbocycles. The molecule has 0 saturated carbocycles. The number of aromatic nitrogens is 3. The van der Waals surface area contributed by atoms with Crippen LogP contribution in [0, 0.1) is 0 Å². The molecule has 0 fully saturated rings. The van der Waals surface area contributed by atoms with Gasteiger partial charge in [-0.1, -0.05) is 12.1 Å². The number of carboxylic acid groups (broad SMARTS) is 2. The molecule has 0 unspecified atom stereocenters. The first kappa shape index (κ1) is 16.8. The lowest BCUT2D eigenvalue weighted by atomic mass is 10.1. The Morgan fingerprint density at radius 2 is 1.52 bits per heavy atom. The molecule has 4 rings (SSSR count). The second-order valence-electron chi connectivity index (χ2n) is 5.65. The zero-order chi connectivity index (χ0) is 19.0. The molecule has 4 aromatic rings. The number of hydrogen-bond acceptors (Lipinski definition) is 6. The minimum Gasteiger partial charge on any atom is -0.478 e. The first-order chi connectivity index (χ1) is 13.0. The van der Waals surface area contributed by atoms with Gasteiger partial charge in [0.2, 0.25) is 0 Å². The van der Waals surface area contributed by atoms with Crippen molar-refractivity contribution in [3.05, 3.63) is 65.9 Å². The summed E-state index contributed by atoms with van der Waals surface area (Å²) in [4.78, 5) is 35.9. The SMILES string of the molecule is O=C(O)c1ccnc(-c2cc(C(=O)O)cc(-c3nc4ccccc4s3)n2)c1. The van der Waals surface area contributed by atoms with E-state index in [0.717, 1.165) is 10.2 Å². The highest BCUT2D eigenvalue weighted by Gasteiger charge is 2.16. The summed E-state index contributed by atoms with van der Waals surface area (Å²) in [6, 6.07) is 13.1. The molecule has 2 N–H and O–H groups in total. The lowest BCUT2D eigenvalue weighted by molar-refractivity contribution is 0.0686. The molecule has 0 radical (unpaired) electrons. The first-order valence-electron chi connectivity index (χ1n) is 7.82. The van der Waals surface area contributed by atoms with Gasteiger partial charge in [-0.2, -0.15) is 0 Å². The normalized spacial score (nSPS) is 10.8. The molecule has 7 nitrogen and oxygen atoms in total. The number of nitrogens with zero attached hydrogens (tertiary/aromatic N) is 3. The lowest BCUT2D eigenvalue weighted by Crippen LogP contribution is -2.02. The summed E-state index contributed by atoms with van der Waals surface area (Å²) in [5, 5.41) is 19.2. The van der Waals surface area contributed by atoms with Crippen molar-refractivity contribution in [1.29, 1.82) is 0 Å². The molecule has 0 aliphatic heterocycles. The average molecular weight is 377 g/mol. The van der Waals surface area contributed by atoms with Crippen molar-refractivity contribution in [3.63, 3.8) is 0 Å². The van der Waals surface area contributed by atoms with Crippen LogP contribution in [0.4, 0.5) is 0 Å². The van der Waals surface area contributed by atoms with Gasteiger partial charge in [0.05, 0.1) is 32.7 Å². The molecule has 27 heavy (non-hydrogen) atoms. The van der Waals surface area contributed by atoms with Crippen molar-refractivity contribution < 1.29 is 19.8 Å². The van der Waals surface area contributed by atoms with Gasteiger partial charge >= 0.3 is 11.9 Å². The Morgan fingerprint density at radius 3 is 2.26 bits per heavy atom. The highest BCUT2D eigenvalue weighted by atomic mass is 32.1. The number of fused-ring (bicyclic) bond motifs is 1. The number of para-hydroxylation sites is 1. The predicted molar refractivity (Wildman–Crippen MR) is 100 cm³/mol. The molecule has 0 aliphatic carbocycles. The Labute approximate surface area is 156 Å². The predicted octanol–water partition coefficient (Wildman–Crippen LogP) is 3.82. The van der Waals surface area contributed by atoms with Crippen LogP contribution in [0.1, 0.15) is 20.7 Å². The van der Waals surface area contributed by atoms with Gasteiger partial charge in [-0.25, -0.2) is 19.6 Å². The van der Waals surface area contributed by atoms with Crippen molar-refractivity contribution in [2.45, 2.75) is 0 Å². The molecule has 3 aromatic heterocycles. The fraction of sp³-hybridized carbons (Fsp3) is 0. The van der Waals surface area contributed by atoms with Gasteiger partial charge in [-0.3, -0.25) is 4.98 Å². The van der Waals surface area contributed by atoms with Gasteiger partial charge in [0.1, 0.15) is 10.7 Å². The van der Waals surface area contributed by atoms with E-state index in [2.05, 4.69) is 15.0 Å². The molecule has 0 spiro atoms. The quantitative estimate of drug-likeness (QED) is 0.556. The zero-order valence-corrected chi connectivity index (χ0v) is 14.5. The fourth-order valence-electron chi connectivity index (χ4n) is 2.58. The van der Waals surface area contributed by atoms with Gasteiger partial charge in [-0.05, 0) is 36.4 Å². The number of thiazole rings is 1. The van der Waals surface area contributed by atoms with Gasteiger partial charge in [0, 0.05) is 6.20 Å². The largest absolute Gasteiger partial charge is 0.478 e. The maximum absolute atomic E-state index is 11.6. The maximum atomic E-state index is 11.6. The molecule has 0 atom stereocenters. The topological polar surface area (TPSA) is 113 Å². The standard InChI is InChI=1S/C19H11N3O4S/c23-18(24)10-5-6-20-13(7-10)14-8-11(19(25)26)9-15(21-14)17-22-12-3-1-2-4-16(12)27-17/h1-9H,(H,23,24)(H,25,26). The van der Waals surface area contributed by atoms with Gasteiger partial charge < -0.3 is 10.2 Å². The van der Waals surface area contributed by atoms with Crippen LogP contribution in [0.15, 0.2) is 54.7 Å². The molecule has 0 amide bonds. The third kappa shape index (κ3) is 3.25. The van der Waals surface area contributed by atoms with Crippen LogP contribution >= 0.6 is 11.3 Å². The average Bonchev–Trinajstić information content (AvgIpc) is 3.12. The lowest BCUT2D eigenvalue weighted by Gasteiger charge is -2.06. The molecular formula is C19H11N3O4S. The summed E-state index contributed by atoms with van der Waals surface area (Å²) < 4.78 is 0.961. The number of carbonyl (C=O) groups is 2. The van der Waals surface area contributed by atoms with Crippen LogP contribution in [-0.2, 0) is 0 Å². The van der Waals surface area contributed by atoms with E-state index in [1.54, 1.807) is 0 Å². The summed E-state index contributed by atoms with van der Waals surface area (Å²) >= 11 is 1.40. The Balaban J connectivity index is 1.89. The first-order valence-corrected chi connectivity index (χ1v) is 8.64. The third-order valence-electron chi connectivity index (χ3n) is 3.85. The molecule has 8 heteroatoms. The van der Waals surface area contributed by atoms with E-state index in [0.29, 0.717) is 10.7 Å². The second-order valence-corrected chi connectivity index (χ2v) is 6.68. The van der Waals surface area contributed by atoms with Crippen molar-refractivity contribution in [2.75, 3.05) is 0 Å². The highest BCUT2D eigenvalue weighted by Crippen LogP contribution is 2.31. The van der Waals surface area contributed by atoms with E-state index in [1.807, 2.05) is 24.3 Å². The minimum absolute atomic E-state index is 0.0248. The Kier molecular flexibility index (Phi) is 4.09. The number of aromatic carboxylic acids is 2. The van der Waals surface area contributed by atoms with E-state index in [-0.39, 0.29) is 22.5 Å². The van der Waals surface area contributed by atoms with E-state index >= 15 is 0 Å². The molecule has 0 saturated heterocycles. The maximum Gasteiger partial charge on any atom is 0.335 e. The van der Waals surface area contributed by atoms with Gasteiger partial charge in [0.15, 0.2) is 0 Å². The Bertz CT molecular complexity index is 1170. The number of hydrogen-bond donors (Lipinski definition) is 2. The summed E-state index contributed by atoms with van der Waals surface area (Å²) in [5.41, 5.74) is 1.81. The monoisotopic (exact) mass is 377 g/mol. The number of rotatable bonds is 4. The molecule has 0 aliphatic rings.